The second-order valence-electron chi connectivity index (χ2n) is 7.57. The third-order valence-corrected chi connectivity index (χ3v) is 5.89. The van der Waals surface area contributed by atoms with Crippen molar-refractivity contribution in [2.45, 2.75) is 38.8 Å². The van der Waals surface area contributed by atoms with Gasteiger partial charge in [-0.2, -0.15) is 0 Å². The molecule has 2 bridgehead atoms. The molecule has 3 aliphatic rings. The Balaban J connectivity index is 1.65. The summed E-state index contributed by atoms with van der Waals surface area (Å²) in [6, 6.07) is 7.56. The van der Waals surface area contributed by atoms with E-state index < -0.39 is 5.97 Å². The van der Waals surface area contributed by atoms with Crippen LogP contribution in [0.25, 0.3) is 0 Å². The number of methoxy groups -OCH3 is 1. The van der Waals surface area contributed by atoms with Crippen LogP contribution in [0.3, 0.4) is 0 Å². The van der Waals surface area contributed by atoms with Crippen molar-refractivity contribution in [3.05, 3.63) is 46.5 Å². The molecule has 0 saturated carbocycles. The van der Waals surface area contributed by atoms with E-state index in [1.54, 1.807) is 14.0 Å². The molecule has 0 N–H and O–H groups in total. The van der Waals surface area contributed by atoms with Gasteiger partial charge in [-0.1, -0.05) is 0 Å². The Kier molecular flexibility index (Phi) is 3.94. The lowest BCUT2D eigenvalue weighted by molar-refractivity contribution is -0.135. The lowest BCUT2D eigenvalue weighted by Gasteiger charge is -2.47. The Morgan fingerprint density at radius 1 is 0.931 bits per heavy atom. The molecule has 0 aliphatic carbocycles. The first kappa shape index (κ1) is 17.8. The van der Waals surface area contributed by atoms with E-state index in [9.17, 15) is 9.59 Å². The Morgan fingerprint density at radius 3 is 2.17 bits per heavy atom. The van der Waals surface area contributed by atoms with Crippen LogP contribution in [0.1, 0.15) is 48.2 Å². The van der Waals surface area contributed by atoms with Crippen LogP contribution in [0.15, 0.2) is 24.3 Å². The third kappa shape index (κ3) is 2.72. The summed E-state index contributed by atoms with van der Waals surface area (Å²) in [6.45, 7) is 3.18. The molecule has 0 spiro atoms. The first-order valence-corrected chi connectivity index (χ1v) is 9.56. The highest BCUT2D eigenvalue weighted by Crippen LogP contribution is 2.51. The maximum Gasteiger partial charge on any atom is 0.308 e. The summed E-state index contributed by atoms with van der Waals surface area (Å²) >= 11 is 0. The summed E-state index contributed by atoms with van der Waals surface area (Å²) in [7, 11) is 1.54. The molecule has 0 radical (unpaired) electrons. The lowest BCUT2D eigenvalue weighted by atomic mass is 9.76. The minimum atomic E-state index is -0.400. The van der Waals surface area contributed by atoms with Crippen molar-refractivity contribution in [3.63, 3.8) is 0 Å². The van der Waals surface area contributed by atoms with Crippen molar-refractivity contribution in [1.29, 1.82) is 0 Å². The molecule has 3 heterocycles. The van der Waals surface area contributed by atoms with Crippen molar-refractivity contribution >= 4 is 11.9 Å². The largest absolute Gasteiger partial charge is 0.493 e. The number of carbonyl (C=O) groups excluding carboxylic acids is 2. The SMILES string of the molecule is COc1cc2c(cc1OC(C)=O)C[C@H]1c3cc4c(cc3C[C@@H]2N1C(C)=O)OCO4. The van der Waals surface area contributed by atoms with Crippen molar-refractivity contribution in [2.75, 3.05) is 13.9 Å². The van der Waals surface area contributed by atoms with Crippen LogP contribution in [0.2, 0.25) is 0 Å². The van der Waals surface area contributed by atoms with Crippen molar-refractivity contribution in [1.82, 2.24) is 4.90 Å². The van der Waals surface area contributed by atoms with Gasteiger partial charge in [0.05, 0.1) is 19.2 Å². The van der Waals surface area contributed by atoms with Crippen LogP contribution in [0.5, 0.6) is 23.0 Å². The number of amides is 1. The summed E-state index contributed by atoms with van der Waals surface area (Å²) in [5.74, 6) is 1.98. The Labute approximate surface area is 168 Å². The highest BCUT2D eigenvalue weighted by molar-refractivity contribution is 5.77. The quantitative estimate of drug-likeness (QED) is 0.575. The predicted molar refractivity (Wildman–Crippen MR) is 102 cm³/mol. The van der Waals surface area contributed by atoms with Gasteiger partial charge in [0.15, 0.2) is 23.0 Å². The monoisotopic (exact) mass is 395 g/mol. The zero-order valence-electron chi connectivity index (χ0n) is 16.5. The van der Waals surface area contributed by atoms with E-state index in [1.807, 2.05) is 29.2 Å². The third-order valence-electron chi connectivity index (χ3n) is 5.89. The molecule has 7 nitrogen and oxygen atoms in total. The van der Waals surface area contributed by atoms with Crippen LogP contribution in [-0.2, 0) is 22.4 Å². The molecule has 2 atom stereocenters. The van der Waals surface area contributed by atoms with E-state index >= 15 is 0 Å². The normalized spacial score (nSPS) is 20.6. The van der Waals surface area contributed by atoms with Crippen LogP contribution >= 0.6 is 0 Å². The highest BCUT2D eigenvalue weighted by atomic mass is 16.7. The van der Waals surface area contributed by atoms with Crippen molar-refractivity contribution in [3.8, 4) is 23.0 Å². The minimum Gasteiger partial charge on any atom is -0.493 e. The second kappa shape index (κ2) is 6.40. The Bertz CT molecular complexity index is 1050. The predicted octanol–water partition coefficient (Wildman–Crippen LogP) is 3.09. The summed E-state index contributed by atoms with van der Waals surface area (Å²) in [4.78, 5) is 26.0. The Hall–Kier alpha value is -3.22. The fourth-order valence-electron chi connectivity index (χ4n) is 4.77. The van der Waals surface area contributed by atoms with Gasteiger partial charge < -0.3 is 23.8 Å². The fourth-order valence-corrected chi connectivity index (χ4v) is 4.77. The van der Waals surface area contributed by atoms with Gasteiger partial charge in [0.25, 0.3) is 0 Å². The highest BCUT2D eigenvalue weighted by Gasteiger charge is 2.43. The van der Waals surface area contributed by atoms with Gasteiger partial charge in [0, 0.05) is 13.8 Å². The van der Waals surface area contributed by atoms with Gasteiger partial charge in [-0.25, -0.2) is 0 Å². The van der Waals surface area contributed by atoms with E-state index in [2.05, 4.69) is 0 Å². The minimum absolute atomic E-state index is 0.0250. The molecule has 0 saturated heterocycles. The maximum absolute atomic E-state index is 12.6. The van der Waals surface area contributed by atoms with Gasteiger partial charge in [0.2, 0.25) is 12.7 Å². The number of benzene rings is 2. The molecular formula is C22H21NO6. The van der Waals surface area contributed by atoms with Crippen LogP contribution in [0.4, 0.5) is 0 Å². The smallest absolute Gasteiger partial charge is 0.308 e. The van der Waals surface area contributed by atoms with Gasteiger partial charge in [-0.15, -0.1) is 0 Å². The lowest BCUT2D eigenvalue weighted by Crippen LogP contribution is -2.45. The summed E-state index contributed by atoms with van der Waals surface area (Å²) < 4.78 is 21.9. The zero-order chi connectivity index (χ0) is 20.3. The molecule has 29 heavy (non-hydrogen) atoms. The van der Waals surface area contributed by atoms with Crippen LogP contribution < -0.4 is 18.9 Å². The number of hydrogen-bond donors (Lipinski definition) is 0. The van der Waals surface area contributed by atoms with Gasteiger partial charge in [-0.3, -0.25) is 9.59 Å². The van der Waals surface area contributed by atoms with E-state index in [0.717, 1.165) is 28.0 Å². The van der Waals surface area contributed by atoms with Crippen molar-refractivity contribution in [2.24, 2.45) is 0 Å². The molecule has 2 aromatic carbocycles. The zero-order valence-corrected chi connectivity index (χ0v) is 16.5. The average Bonchev–Trinajstić information content (AvgIpc) is 3.12. The van der Waals surface area contributed by atoms with Gasteiger partial charge in [-0.05, 0) is 59.4 Å². The number of hydrogen-bond acceptors (Lipinski definition) is 6. The molecule has 5 rings (SSSR count). The van der Waals surface area contributed by atoms with Crippen LogP contribution in [-0.4, -0.2) is 30.7 Å². The average molecular weight is 395 g/mol. The fraction of sp³-hybridized carbons (Fsp3) is 0.364. The molecule has 0 unspecified atom stereocenters. The maximum atomic E-state index is 12.6. The Morgan fingerprint density at radius 2 is 1.55 bits per heavy atom. The molecule has 2 aromatic rings. The molecule has 1 amide bonds. The number of nitrogens with zero attached hydrogens (tertiary/aromatic N) is 1. The number of esters is 1. The van der Waals surface area contributed by atoms with E-state index in [1.165, 1.54) is 6.92 Å². The standard InChI is InChI=1S/C22H21NO6/c1-11(24)23-17-4-13-6-20-21(28-10-27-20)9-16(13)18(23)5-14-7-22(29-12(2)25)19(26-3)8-15(14)17/h6-9,17-18H,4-5,10H2,1-3H3/t17-,18-/m0/s1. The number of carbonyl (C=O) groups is 2. The van der Waals surface area contributed by atoms with Crippen molar-refractivity contribution < 1.29 is 28.5 Å². The van der Waals surface area contributed by atoms with Crippen LogP contribution in [0, 0.1) is 0 Å². The molecule has 0 aromatic heterocycles. The number of rotatable bonds is 2. The first-order valence-electron chi connectivity index (χ1n) is 9.56. The molecule has 150 valence electrons. The molecule has 3 aliphatic heterocycles. The van der Waals surface area contributed by atoms with E-state index in [0.29, 0.717) is 30.1 Å². The number of ether oxygens (including phenoxy) is 4. The molecule has 7 heteroatoms. The van der Waals surface area contributed by atoms with Gasteiger partial charge >= 0.3 is 5.97 Å². The van der Waals surface area contributed by atoms with E-state index in [-0.39, 0.29) is 24.8 Å². The molecular weight excluding hydrogens is 374 g/mol. The summed E-state index contributed by atoms with van der Waals surface area (Å²) in [6.07, 6.45) is 1.29. The van der Waals surface area contributed by atoms with Gasteiger partial charge in [0.1, 0.15) is 0 Å². The topological polar surface area (TPSA) is 74.3 Å². The second-order valence-corrected chi connectivity index (χ2v) is 7.57. The summed E-state index contributed by atoms with van der Waals surface area (Å²) in [5.41, 5.74) is 4.32. The number of fused-ring (bicyclic) bond motifs is 7. The summed E-state index contributed by atoms with van der Waals surface area (Å²) in [5, 5.41) is 0. The molecule has 0 fully saturated rings. The van der Waals surface area contributed by atoms with E-state index in [4.69, 9.17) is 18.9 Å². The first-order chi connectivity index (χ1) is 14.0.